The van der Waals surface area contributed by atoms with Crippen molar-refractivity contribution in [3.05, 3.63) is 47.1 Å². The van der Waals surface area contributed by atoms with Crippen molar-refractivity contribution in [3.8, 4) is 0 Å². The van der Waals surface area contributed by atoms with Gasteiger partial charge in [-0.2, -0.15) is 12.7 Å². The summed E-state index contributed by atoms with van der Waals surface area (Å²) in [5, 5.41) is 0.407. The van der Waals surface area contributed by atoms with Gasteiger partial charge < -0.3 is 4.90 Å². The Labute approximate surface area is 182 Å². The smallest absolute Gasteiger partial charge is 0.303 e. The zero-order valence-electron chi connectivity index (χ0n) is 17.5. The third kappa shape index (κ3) is 5.59. The highest BCUT2D eigenvalue weighted by Crippen LogP contribution is 2.26. The molecular formula is C18H22ClN5O3S2. The van der Waals surface area contributed by atoms with Crippen LogP contribution in [-0.4, -0.2) is 60.1 Å². The predicted molar refractivity (Wildman–Crippen MR) is 114 cm³/mol. The molecule has 0 radical (unpaired) electrons. The molecule has 29 heavy (non-hydrogen) atoms. The van der Waals surface area contributed by atoms with E-state index in [2.05, 4.69) is 14.7 Å². The summed E-state index contributed by atoms with van der Waals surface area (Å²) < 4.78 is 44.1. The quantitative estimate of drug-likeness (QED) is 0.390. The van der Waals surface area contributed by atoms with Crippen LogP contribution in [0, 0.1) is 0 Å². The van der Waals surface area contributed by atoms with Gasteiger partial charge in [0.25, 0.3) is 0 Å². The second-order valence-corrected chi connectivity index (χ2v) is 9.34. The third-order valence-electron chi connectivity index (χ3n) is 4.23. The zero-order chi connectivity index (χ0) is 22.4. The lowest BCUT2D eigenvalue weighted by Crippen LogP contribution is -2.47. The molecule has 1 aliphatic rings. The molecular weight excluding hydrogens is 434 g/mol. The van der Waals surface area contributed by atoms with E-state index in [1.165, 1.54) is 17.8 Å². The summed E-state index contributed by atoms with van der Waals surface area (Å²) in [7, 11) is -4.90. The molecule has 1 aliphatic heterocycles. The summed E-state index contributed by atoms with van der Waals surface area (Å²) in [6.45, 7) is 0.157. The Morgan fingerprint density at radius 1 is 1.38 bits per heavy atom. The normalized spacial score (nSPS) is 18.2. The van der Waals surface area contributed by atoms with E-state index in [1.54, 1.807) is 0 Å². The van der Waals surface area contributed by atoms with Crippen molar-refractivity contribution in [2.45, 2.75) is 29.8 Å². The lowest BCUT2D eigenvalue weighted by molar-refractivity contribution is -0.132. The fourth-order valence-corrected chi connectivity index (χ4v) is 5.35. The number of nitrogens with one attached hydrogen (secondary N) is 1. The van der Waals surface area contributed by atoms with Gasteiger partial charge in [0.2, 0.25) is 5.91 Å². The molecule has 1 atom stereocenters. The van der Waals surface area contributed by atoms with E-state index >= 15 is 0 Å². The van der Waals surface area contributed by atoms with Crippen LogP contribution in [0.5, 0.6) is 0 Å². The standard InChI is InChI=1S/C18H22ClN5O3S2/c1-23(2)17(25)14-9-6-10-24(14)29(26,27)22-16-11-15(19)20-18(21-16)28-12-13-7-4-3-5-8-13/h3-5,7-8,11,14H,6,9-10,12H2,1-2H3,(H,20,21,22)/t14-/m0/s1/i1D,2D. The Morgan fingerprint density at radius 2 is 2.14 bits per heavy atom. The van der Waals surface area contributed by atoms with Gasteiger partial charge in [0.15, 0.2) is 5.16 Å². The number of nitrogens with zero attached hydrogens (tertiary/aromatic N) is 4. The average molecular weight is 458 g/mol. The van der Waals surface area contributed by atoms with Crippen LogP contribution in [0.3, 0.4) is 0 Å². The maximum Gasteiger partial charge on any atom is 0.303 e. The second kappa shape index (κ2) is 9.29. The van der Waals surface area contributed by atoms with E-state index in [-0.39, 0.29) is 17.5 Å². The number of benzene rings is 1. The number of likely N-dealkylation sites (N-methyl/N-ethyl adjacent to an activating group) is 1. The molecule has 0 aliphatic carbocycles. The van der Waals surface area contributed by atoms with Crippen molar-refractivity contribution in [2.75, 3.05) is 25.3 Å². The summed E-state index contributed by atoms with van der Waals surface area (Å²) >= 11 is 7.38. The van der Waals surface area contributed by atoms with Crippen molar-refractivity contribution in [2.24, 2.45) is 0 Å². The summed E-state index contributed by atoms with van der Waals surface area (Å²) in [6.07, 6.45) is 0.836. The van der Waals surface area contributed by atoms with E-state index in [0.717, 1.165) is 14.8 Å². The van der Waals surface area contributed by atoms with Crippen molar-refractivity contribution in [3.63, 3.8) is 0 Å². The molecule has 1 amide bonds. The lowest BCUT2D eigenvalue weighted by Gasteiger charge is -2.25. The molecule has 8 nitrogen and oxygen atoms in total. The van der Waals surface area contributed by atoms with E-state index < -0.39 is 36.2 Å². The molecule has 11 heteroatoms. The number of carbonyl (C=O) groups excluding carboxylic acids is 1. The molecule has 156 valence electrons. The van der Waals surface area contributed by atoms with Gasteiger partial charge in [-0.05, 0) is 18.4 Å². The van der Waals surface area contributed by atoms with E-state index in [9.17, 15) is 13.2 Å². The summed E-state index contributed by atoms with van der Waals surface area (Å²) in [5.74, 6) is 0.0470. The molecule has 0 bridgehead atoms. The fraction of sp³-hybridized carbons (Fsp3) is 0.389. The molecule has 3 rings (SSSR count). The average Bonchev–Trinajstić information content (AvgIpc) is 3.24. The minimum Gasteiger partial charge on any atom is -0.347 e. The fourth-order valence-electron chi connectivity index (χ4n) is 2.91. The molecule has 1 N–H and O–H groups in total. The van der Waals surface area contributed by atoms with E-state index in [0.29, 0.717) is 23.8 Å². The van der Waals surface area contributed by atoms with Crippen LogP contribution in [0.1, 0.15) is 21.1 Å². The predicted octanol–water partition coefficient (Wildman–Crippen LogP) is 2.63. The van der Waals surface area contributed by atoms with Gasteiger partial charge in [-0.1, -0.05) is 53.7 Å². The second-order valence-electron chi connectivity index (χ2n) is 6.39. The van der Waals surface area contributed by atoms with Gasteiger partial charge in [0.05, 0.1) is 0 Å². The maximum absolute atomic E-state index is 13.0. The van der Waals surface area contributed by atoms with Gasteiger partial charge in [-0.15, -0.1) is 0 Å². The monoisotopic (exact) mass is 457 g/mol. The van der Waals surface area contributed by atoms with Crippen molar-refractivity contribution in [1.82, 2.24) is 19.2 Å². The molecule has 2 aromatic rings. The van der Waals surface area contributed by atoms with Gasteiger partial charge in [-0.25, -0.2) is 9.97 Å². The number of rotatable bonds is 7. The van der Waals surface area contributed by atoms with Gasteiger partial charge in [0, 0.05) is 35.2 Å². The van der Waals surface area contributed by atoms with E-state index in [1.807, 2.05) is 30.3 Å². The number of halogens is 1. The number of hydrogen-bond donors (Lipinski definition) is 1. The van der Waals surface area contributed by atoms with Crippen LogP contribution >= 0.6 is 23.4 Å². The number of anilines is 1. The first kappa shape index (κ1) is 19.1. The topological polar surface area (TPSA) is 95.5 Å². The first-order valence-corrected chi connectivity index (χ1v) is 11.5. The van der Waals surface area contributed by atoms with Crippen LogP contribution in [0.15, 0.2) is 41.6 Å². The third-order valence-corrected chi connectivity index (χ3v) is 6.86. The molecule has 1 fully saturated rings. The molecule has 0 spiro atoms. The van der Waals surface area contributed by atoms with Crippen LogP contribution in [0.2, 0.25) is 5.15 Å². The molecule has 2 heterocycles. The highest BCUT2D eigenvalue weighted by molar-refractivity contribution is 7.98. The number of thioether (sulfide) groups is 1. The van der Waals surface area contributed by atoms with Crippen LogP contribution in [0.4, 0.5) is 5.82 Å². The highest BCUT2D eigenvalue weighted by Gasteiger charge is 2.39. The zero-order valence-corrected chi connectivity index (χ0v) is 17.9. The summed E-state index contributed by atoms with van der Waals surface area (Å²) in [4.78, 5) is 21.9. The van der Waals surface area contributed by atoms with Crippen molar-refractivity contribution < 1.29 is 16.0 Å². The number of aromatic nitrogens is 2. The minimum absolute atomic E-state index is 0.00602. The van der Waals surface area contributed by atoms with Crippen molar-refractivity contribution in [1.29, 1.82) is 0 Å². The highest BCUT2D eigenvalue weighted by atomic mass is 35.5. The minimum atomic E-state index is -4.10. The van der Waals surface area contributed by atoms with Crippen LogP contribution in [0.25, 0.3) is 0 Å². The SMILES string of the molecule is [2H]CN(C[2H])C(=O)[C@@H]1CCCN1S(=O)(=O)Nc1cc(Cl)nc(SCc2ccccc2)n1. The van der Waals surface area contributed by atoms with Gasteiger partial charge in [-0.3, -0.25) is 9.52 Å². The summed E-state index contributed by atoms with van der Waals surface area (Å²) in [5.41, 5.74) is 1.06. The molecule has 1 saturated heterocycles. The number of amides is 1. The molecule has 1 aromatic carbocycles. The Hall–Kier alpha value is -1.88. The largest absolute Gasteiger partial charge is 0.347 e. The Bertz CT molecular complexity index is 1010. The van der Waals surface area contributed by atoms with Crippen molar-refractivity contribution >= 4 is 45.3 Å². The maximum atomic E-state index is 13.0. The Morgan fingerprint density at radius 3 is 2.86 bits per heavy atom. The van der Waals surface area contributed by atoms with Gasteiger partial charge in [0.1, 0.15) is 17.0 Å². The Kier molecular flexibility index (Phi) is 6.12. The Balaban J connectivity index is 1.74. The van der Waals surface area contributed by atoms with Crippen LogP contribution < -0.4 is 4.72 Å². The molecule has 0 unspecified atom stereocenters. The first-order valence-electron chi connectivity index (χ1n) is 10.1. The number of hydrogen-bond acceptors (Lipinski definition) is 6. The molecule has 1 aromatic heterocycles. The lowest BCUT2D eigenvalue weighted by atomic mass is 10.2. The van der Waals surface area contributed by atoms with E-state index in [4.69, 9.17) is 14.3 Å². The first-order chi connectivity index (χ1) is 14.8. The molecule has 0 saturated carbocycles. The van der Waals surface area contributed by atoms with Crippen LogP contribution in [-0.2, 0) is 20.8 Å². The van der Waals surface area contributed by atoms with Gasteiger partial charge >= 0.3 is 10.2 Å². The summed E-state index contributed by atoms with van der Waals surface area (Å²) in [6, 6.07) is 10.0. The number of carbonyl (C=O) groups is 1.